The summed E-state index contributed by atoms with van der Waals surface area (Å²) in [5.74, 6) is 0. The van der Waals surface area contributed by atoms with E-state index in [0.29, 0.717) is 0 Å². The Morgan fingerprint density at radius 3 is 1.74 bits per heavy atom. The van der Waals surface area contributed by atoms with E-state index in [2.05, 4.69) is 187 Å². The molecule has 3 heteroatoms. The Labute approximate surface area is 305 Å². The predicted octanol–water partition coefficient (Wildman–Crippen LogP) is 14.6. The van der Waals surface area contributed by atoms with Crippen LogP contribution in [-0.4, -0.2) is 0 Å². The predicted molar refractivity (Wildman–Crippen MR) is 222 cm³/mol. The lowest BCUT2D eigenvalue weighted by Crippen LogP contribution is -2.11. The molecule has 0 aliphatic rings. The second-order valence-electron chi connectivity index (χ2n) is 13.6. The lowest BCUT2D eigenvalue weighted by molar-refractivity contribution is 0.669. The Morgan fingerprint density at radius 2 is 0.943 bits per heavy atom. The topological polar surface area (TPSA) is 29.5 Å². The maximum absolute atomic E-state index is 7.06. The molecule has 0 saturated heterocycles. The summed E-state index contributed by atoms with van der Waals surface area (Å²) in [6, 6.07) is 66.6. The summed E-state index contributed by atoms with van der Waals surface area (Å²) in [6.07, 6.45) is 0. The molecule has 11 aromatic rings. The molecule has 0 unspecified atom stereocenters. The number of hydrogen-bond donors (Lipinski definition) is 0. The van der Waals surface area contributed by atoms with Crippen LogP contribution < -0.4 is 4.90 Å². The van der Waals surface area contributed by atoms with E-state index in [0.717, 1.165) is 83.2 Å². The van der Waals surface area contributed by atoms with Crippen LogP contribution in [0.1, 0.15) is 0 Å². The second kappa shape index (κ2) is 11.7. The normalized spacial score (nSPS) is 11.8. The summed E-state index contributed by atoms with van der Waals surface area (Å²) in [5.41, 5.74) is 10.8. The Hall–Kier alpha value is -7.10. The van der Waals surface area contributed by atoms with Crippen molar-refractivity contribution in [2.45, 2.75) is 0 Å². The molecule has 0 amide bonds. The van der Waals surface area contributed by atoms with E-state index in [-0.39, 0.29) is 0 Å². The lowest BCUT2D eigenvalue weighted by Gasteiger charge is -2.27. The fourth-order valence-electron chi connectivity index (χ4n) is 8.21. The molecule has 248 valence electrons. The quantitative estimate of drug-likeness (QED) is 0.170. The van der Waals surface area contributed by atoms with Crippen LogP contribution in [0.4, 0.5) is 17.1 Å². The smallest absolute Gasteiger partial charge is 0.159 e. The van der Waals surface area contributed by atoms with Crippen LogP contribution in [-0.2, 0) is 0 Å². The van der Waals surface area contributed by atoms with Gasteiger partial charge in [-0.25, -0.2) is 0 Å². The first-order valence-electron chi connectivity index (χ1n) is 18.0. The number of para-hydroxylation sites is 3. The minimum atomic E-state index is 0.831. The van der Waals surface area contributed by atoms with Gasteiger partial charge >= 0.3 is 0 Å². The van der Waals surface area contributed by atoms with Crippen molar-refractivity contribution >= 4 is 82.5 Å². The summed E-state index contributed by atoms with van der Waals surface area (Å²) in [4.78, 5) is 2.37. The van der Waals surface area contributed by atoms with E-state index < -0.39 is 0 Å². The highest BCUT2D eigenvalue weighted by Crippen LogP contribution is 2.49. The van der Waals surface area contributed by atoms with Gasteiger partial charge in [0, 0.05) is 33.0 Å². The number of furan rings is 2. The van der Waals surface area contributed by atoms with Gasteiger partial charge in [-0.15, -0.1) is 0 Å². The van der Waals surface area contributed by atoms with E-state index in [9.17, 15) is 0 Å². The molecule has 3 nitrogen and oxygen atoms in total. The Bertz CT molecular complexity index is 3170. The van der Waals surface area contributed by atoms with E-state index in [4.69, 9.17) is 8.83 Å². The zero-order valence-corrected chi connectivity index (χ0v) is 28.7. The van der Waals surface area contributed by atoms with Crippen molar-refractivity contribution in [3.63, 3.8) is 0 Å². The van der Waals surface area contributed by atoms with Crippen LogP contribution in [0.5, 0.6) is 0 Å². The standard InChI is InChI=1S/C50H31NO2/c1-3-13-32(14-4-1)38-20-11-21-40-41-22-12-23-45(49(41)53-48(38)40)51(36-28-27-35-26-25-34-17-7-8-18-37(34)43(35)31-36)44-30-29-39(33-15-5-2-6-16-33)50-47(44)42-19-9-10-24-46(42)52-50/h1-31H. The maximum Gasteiger partial charge on any atom is 0.159 e. The molecule has 0 aliphatic heterocycles. The molecule has 0 bridgehead atoms. The van der Waals surface area contributed by atoms with Crippen LogP contribution in [0.2, 0.25) is 0 Å². The van der Waals surface area contributed by atoms with Gasteiger partial charge in [0.2, 0.25) is 0 Å². The molecule has 9 aromatic carbocycles. The van der Waals surface area contributed by atoms with Crippen molar-refractivity contribution in [3.05, 3.63) is 188 Å². The van der Waals surface area contributed by atoms with E-state index in [1.54, 1.807) is 0 Å². The molecular formula is C50H31NO2. The van der Waals surface area contributed by atoms with Gasteiger partial charge < -0.3 is 13.7 Å². The summed E-state index contributed by atoms with van der Waals surface area (Å²) >= 11 is 0. The lowest BCUT2D eigenvalue weighted by atomic mass is 9.98. The maximum atomic E-state index is 7.06. The first-order chi connectivity index (χ1) is 26.3. The largest absolute Gasteiger partial charge is 0.455 e. The second-order valence-corrected chi connectivity index (χ2v) is 13.6. The molecule has 11 rings (SSSR count). The number of benzene rings is 9. The third kappa shape index (κ3) is 4.61. The number of nitrogens with zero attached hydrogens (tertiary/aromatic N) is 1. The molecule has 2 aromatic heterocycles. The van der Waals surface area contributed by atoms with Crippen molar-refractivity contribution < 1.29 is 8.83 Å². The molecular weight excluding hydrogens is 647 g/mol. The van der Waals surface area contributed by atoms with E-state index in [1.165, 1.54) is 21.5 Å². The van der Waals surface area contributed by atoms with Gasteiger partial charge in [-0.2, -0.15) is 0 Å². The van der Waals surface area contributed by atoms with Crippen molar-refractivity contribution in [2.75, 3.05) is 4.90 Å². The average molecular weight is 678 g/mol. The zero-order chi connectivity index (χ0) is 34.9. The Kier molecular flexibility index (Phi) is 6.55. The van der Waals surface area contributed by atoms with Gasteiger partial charge in [0.25, 0.3) is 0 Å². The minimum absolute atomic E-state index is 0.831. The number of hydrogen-bond acceptors (Lipinski definition) is 3. The molecule has 0 atom stereocenters. The Morgan fingerprint density at radius 1 is 0.340 bits per heavy atom. The molecule has 0 radical (unpaired) electrons. The molecule has 0 fully saturated rings. The van der Waals surface area contributed by atoms with Crippen molar-refractivity contribution in [2.24, 2.45) is 0 Å². The monoisotopic (exact) mass is 677 g/mol. The molecule has 53 heavy (non-hydrogen) atoms. The fourth-order valence-corrected chi connectivity index (χ4v) is 8.21. The molecule has 0 saturated carbocycles. The van der Waals surface area contributed by atoms with Gasteiger partial charge in [-0.05, 0) is 69.1 Å². The minimum Gasteiger partial charge on any atom is -0.455 e. The zero-order valence-electron chi connectivity index (χ0n) is 28.7. The highest BCUT2D eigenvalue weighted by atomic mass is 16.3. The summed E-state index contributed by atoms with van der Waals surface area (Å²) in [6.45, 7) is 0. The van der Waals surface area contributed by atoms with Crippen molar-refractivity contribution in [3.8, 4) is 22.3 Å². The number of fused-ring (bicyclic) bond motifs is 9. The first kappa shape index (κ1) is 29.6. The van der Waals surface area contributed by atoms with Crippen LogP contribution >= 0.6 is 0 Å². The van der Waals surface area contributed by atoms with Crippen LogP contribution in [0, 0.1) is 0 Å². The Balaban J connectivity index is 1.25. The van der Waals surface area contributed by atoms with Gasteiger partial charge in [0.15, 0.2) is 5.58 Å². The highest BCUT2D eigenvalue weighted by molar-refractivity contribution is 6.20. The molecule has 2 heterocycles. The number of rotatable bonds is 5. The average Bonchev–Trinajstić information content (AvgIpc) is 3.81. The van der Waals surface area contributed by atoms with Crippen molar-refractivity contribution in [1.29, 1.82) is 0 Å². The number of anilines is 3. The van der Waals surface area contributed by atoms with Gasteiger partial charge in [0.05, 0.1) is 16.8 Å². The third-order valence-corrected chi connectivity index (χ3v) is 10.6. The summed E-state index contributed by atoms with van der Waals surface area (Å²) < 4.78 is 13.8. The fraction of sp³-hybridized carbons (Fsp3) is 0. The van der Waals surface area contributed by atoms with E-state index in [1.807, 2.05) is 6.07 Å². The van der Waals surface area contributed by atoms with Crippen LogP contribution in [0.15, 0.2) is 197 Å². The van der Waals surface area contributed by atoms with Crippen LogP contribution in [0.3, 0.4) is 0 Å². The van der Waals surface area contributed by atoms with Gasteiger partial charge in [0.1, 0.15) is 16.7 Å². The van der Waals surface area contributed by atoms with Crippen molar-refractivity contribution in [1.82, 2.24) is 0 Å². The van der Waals surface area contributed by atoms with Crippen LogP contribution in [0.25, 0.3) is 87.7 Å². The SMILES string of the molecule is c1ccc(-c2cccc3c2oc2c(N(c4ccc5ccc6ccccc6c5c4)c4ccc(-c5ccccc5)c5oc6ccccc6c45)cccc23)cc1. The first-order valence-corrected chi connectivity index (χ1v) is 18.0. The summed E-state index contributed by atoms with van der Waals surface area (Å²) in [7, 11) is 0. The third-order valence-electron chi connectivity index (χ3n) is 10.6. The van der Waals surface area contributed by atoms with E-state index >= 15 is 0 Å². The molecule has 0 aliphatic carbocycles. The van der Waals surface area contributed by atoms with Gasteiger partial charge in [-0.1, -0.05) is 152 Å². The van der Waals surface area contributed by atoms with Gasteiger partial charge in [-0.3, -0.25) is 0 Å². The molecule has 0 spiro atoms. The summed E-state index contributed by atoms with van der Waals surface area (Å²) in [5, 5.41) is 9.11. The highest BCUT2D eigenvalue weighted by Gasteiger charge is 2.25. The molecule has 0 N–H and O–H groups in total.